The van der Waals surface area contributed by atoms with Crippen molar-refractivity contribution in [1.29, 1.82) is 0 Å². The van der Waals surface area contributed by atoms with Gasteiger partial charge in [-0.25, -0.2) is 9.69 Å². The summed E-state index contributed by atoms with van der Waals surface area (Å²) in [5.41, 5.74) is 1.50. The molecule has 1 aliphatic heterocycles. The summed E-state index contributed by atoms with van der Waals surface area (Å²) in [4.78, 5) is 38.8. The second-order valence-electron chi connectivity index (χ2n) is 7.27. The van der Waals surface area contributed by atoms with Gasteiger partial charge in [-0.15, -0.1) is 0 Å². The predicted octanol–water partition coefficient (Wildman–Crippen LogP) is 7.10. The summed E-state index contributed by atoms with van der Waals surface area (Å²) in [7, 11) is 0. The molecule has 0 atom stereocenters. The van der Waals surface area contributed by atoms with E-state index in [0.717, 1.165) is 17.6 Å². The predicted molar refractivity (Wildman–Crippen MR) is 153 cm³/mol. The van der Waals surface area contributed by atoms with Crippen LogP contribution >= 0.6 is 80.0 Å². The number of nitrogens with one attached hydrogen (secondary N) is 1. The van der Waals surface area contributed by atoms with Crippen LogP contribution in [-0.4, -0.2) is 17.8 Å². The lowest BCUT2D eigenvalue weighted by atomic mass is 10.1. The minimum atomic E-state index is -0.826. The molecule has 1 aliphatic rings. The zero-order chi connectivity index (χ0) is 25.3. The van der Waals surface area contributed by atoms with Crippen molar-refractivity contribution in [3.63, 3.8) is 0 Å². The Morgan fingerprint density at radius 3 is 2.14 bits per heavy atom. The summed E-state index contributed by atoms with van der Waals surface area (Å²) in [6, 6.07) is 14.1. The molecule has 6 nitrogen and oxygen atoms in total. The number of halogens is 5. The number of amides is 4. The van der Waals surface area contributed by atoms with E-state index in [0.29, 0.717) is 32.1 Å². The number of rotatable bonds is 5. The third-order valence-electron chi connectivity index (χ3n) is 4.91. The van der Waals surface area contributed by atoms with Crippen LogP contribution < -0.4 is 15.0 Å². The largest absolute Gasteiger partial charge is 0.487 e. The quantitative estimate of drug-likeness (QED) is 0.172. The van der Waals surface area contributed by atoms with Crippen LogP contribution in [0.2, 0.25) is 15.1 Å². The molecule has 4 rings (SSSR count). The number of hydrogen-bond donors (Lipinski definition) is 1. The highest BCUT2D eigenvalue weighted by Gasteiger charge is 2.36. The van der Waals surface area contributed by atoms with Gasteiger partial charge in [0, 0.05) is 20.6 Å². The van der Waals surface area contributed by atoms with Gasteiger partial charge in [0.05, 0.1) is 12.8 Å². The van der Waals surface area contributed by atoms with E-state index in [2.05, 4.69) is 50.5 Å². The molecular formula is C24H13Cl3I2N2O4. The van der Waals surface area contributed by atoms with Gasteiger partial charge in [-0.2, -0.15) is 0 Å². The Morgan fingerprint density at radius 2 is 1.51 bits per heavy atom. The summed E-state index contributed by atoms with van der Waals surface area (Å²) in [6.07, 6.45) is 1.44. The van der Waals surface area contributed by atoms with Gasteiger partial charge in [0.25, 0.3) is 11.8 Å². The van der Waals surface area contributed by atoms with Gasteiger partial charge in [-0.1, -0.05) is 40.9 Å². The number of anilines is 1. The Kier molecular flexibility index (Phi) is 8.26. The van der Waals surface area contributed by atoms with Gasteiger partial charge in [0.2, 0.25) is 0 Å². The number of carbonyl (C=O) groups is 3. The molecule has 1 heterocycles. The number of benzene rings is 3. The number of barbiturate groups is 1. The Hall–Kier alpha value is -1.86. The van der Waals surface area contributed by atoms with E-state index in [9.17, 15) is 14.4 Å². The normalized spacial score (nSPS) is 14.9. The third kappa shape index (κ3) is 5.93. The molecule has 4 amide bonds. The zero-order valence-corrected chi connectivity index (χ0v) is 24.0. The van der Waals surface area contributed by atoms with Crippen molar-refractivity contribution in [3.8, 4) is 5.75 Å². The highest BCUT2D eigenvalue weighted by molar-refractivity contribution is 14.1. The van der Waals surface area contributed by atoms with Crippen molar-refractivity contribution in [3.05, 3.63) is 93.5 Å². The molecule has 178 valence electrons. The smallest absolute Gasteiger partial charge is 0.335 e. The lowest BCUT2D eigenvalue weighted by Gasteiger charge is -2.26. The van der Waals surface area contributed by atoms with E-state index in [1.807, 2.05) is 0 Å². The maximum Gasteiger partial charge on any atom is 0.335 e. The molecule has 0 aromatic heterocycles. The minimum Gasteiger partial charge on any atom is -0.487 e. The number of carbonyl (C=O) groups excluding carboxylic acids is 3. The molecule has 0 spiro atoms. The van der Waals surface area contributed by atoms with Crippen molar-refractivity contribution in [2.75, 3.05) is 4.90 Å². The highest BCUT2D eigenvalue weighted by atomic mass is 127. The first-order valence-corrected chi connectivity index (χ1v) is 13.2. The Balaban J connectivity index is 1.60. The van der Waals surface area contributed by atoms with E-state index in [4.69, 9.17) is 39.5 Å². The summed E-state index contributed by atoms with van der Waals surface area (Å²) >= 11 is 22.3. The molecule has 0 saturated carbocycles. The average Bonchev–Trinajstić information content (AvgIpc) is 2.78. The van der Waals surface area contributed by atoms with Crippen LogP contribution in [0.25, 0.3) is 6.08 Å². The standard InChI is InChI=1S/C24H13Cl3I2N2O4/c25-14-3-5-16(6-4-14)31-23(33)17(22(32)30-24(31)34)7-12-8-19(28)21(20(29)9-12)35-11-13-1-2-15(26)10-18(13)27/h1-10H,11H2,(H,30,32,34)/b17-7+. The summed E-state index contributed by atoms with van der Waals surface area (Å²) in [6.45, 7) is 0.238. The Bertz CT molecular complexity index is 1370. The summed E-state index contributed by atoms with van der Waals surface area (Å²) in [5.74, 6) is -0.867. The topological polar surface area (TPSA) is 75.7 Å². The number of urea groups is 1. The third-order valence-corrected chi connectivity index (χ3v) is 7.35. The number of nitrogens with zero attached hydrogens (tertiary/aromatic N) is 1. The van der Waals surface area contributed by atoms with Crippen molar-refractivity contribution in [2.45, 2.75) is 6.61 Å². The van der Waals surface area contributed by atoms with Crippen molar-refractivity contribution in [1.82, 2.24) is 5.32 Å². The number of ether oxygens (including phenoxy) is 1. The molecule has 1 fully saturated rings. The molecule has 0 radical (unpaired) electrons. The number of imide groups is 2. The van der Waals surface area contributed by atoms with Crippen molar-refractivity contribution >= 4 is 110 Å². The van der Waals surface area contributed by atoms with E-state index in [1.54, 1.807) is 42.5 Å². The van der Waals surface area contributed by atoms with Crippen LogP contribution in [0.1, 0.15) is 11.1 Å². The molecule has 3 aromatic carbocycles. The van der Waals surface area contributed by atoms with Gasteiger partial charge in [-0.3, -0.25) is 14.9 Å². The lowest BCUT2D eigenvalue weighted by Crippen LogP contribution is -2.54. The van der Waals surface area contributed by atoms with E-state index in [-0.39, 0.29) is 12.2 Å². The van der Waals surface area contributed by atoms with Crippen LogP contribution in [0.15, 0.2) is 60.2 Å². The fourth-order valence-electron chi connectivity index (χ4n) is 3.24. The van der Waals surface area contributed by atoms with Crippen LogP contribution in [0.4, 0.5) is 10.5 Å². The summed E-state index contributed by atoms with van der Waals surface area (Å²) in [5, 5.41) is 3.71. The van der Waals surface area contributed by atoms with Gasteiger partial charge >= 0.3 is 6.03 Å². The molecule has 1 saturated heterocycles. The molecule has 0 unspecified atom stereocenters. The van der Waals surface area contributed by atoms with E-state index in [1.165, 1.54) is 18.2 Å². The first-order chi connectivity index (χ1) is 16.6. The van der Waals surface area contributed by atoms with Gasteiger partial charge < -0.3 is 4.74 Å². The second-order valence-corrected chi connectivity index (χ2v) is 10.9. The van der Waals surface area contributed by atoms with Gasteiger partial charge in [0.1, 0.15) is 17.9 Å². The molecule has 11 heteroatoms. The monoisotopic (exact) mass is 752 g/mol. The molecule has 1 N–H and O–H groups in total. The minimum absolute atomic E-state index is 0.173. The fraction of sp³-hybridized carbons (Fsp3) is 0.0417. The second kappa shape index (κ2) is 11.0. The van der Waals surface area contributed by atoms with Crippen LogP contribution in [0.5, 0.6) is 5.75 Å². The Morgan fingerprint density at radius 1 is 0.886 bits per heavy atom. The van der Waals surface area contributed by atoms with Crippen LogP contribution in [0.3, 0.4) is 0 Å². The van der Waals surface area contributed by atoms with Crippen LogP contribution in [-0.2, 0) is 16.2 Å². The molecular weight excluding hydrogens is 740 g/mol. The molecule has 0 aliphatic carbocycles. The molecule has 0 bridgehead atoms. The van der Waals surface area contributed by atoms with Gasteiger partial charge in [-0.05, 0) is 105 Å². The average molecular weight is 754 g/mol. The van der Waals surface area contributed by atoms with E-state index >= 15 is 0 Å². The van der Waals surface area contributed by atoms with Crippen molar-refractivity contribution in [2.24, 2.45) is 0 Å². The number of hydrogen-bond acceptors (Lipinski definition) is 4. The van der Waals surface area contributed by atoms with Crippen LogP contribution in [0, 0.1) is 7.14 Å². The van der Waals surface area contributed by atoms with E-state index < -0.39 is 17.8 Å². The first kappa shape index (κ1) is 26.2. The fourth-order valence-corrected chi connectivity index (χ4v) is 5.95. The highest BCUT2D eigenvalue weighted by Crippen LogP contribution is 2.32. The first-order valence-electron chi connectivity index (χ1n) is 9.87. The molecule has 3 aromatic rings. The maximum absolute atomic E-state index is 13.1. The lowest BCUT2D eigenvalue weighted by molar-refractivity contribution is -0.122. The SMILES string of the molecule is O=C1NC(=O)N(c2ccc(Cl)cc2)C(=O)/C1=C/c1cc(I)c(OCc2ccc(Cl)cc2Cl)c(I)c1. The Labute approximate surface area is 242 Å². The van der Waals surface area contributed by atoms with Gasteiger partial charge in [0.15, 0.2) is 0 Å². The summed E-state index contributed by atoms with van der Waals surface area (Å²) < 4.78 is 7.52. The molecule has 35 heavy (non-hydrogen) atoms. The van der Waals surface area contributed by atoms with Crippen molar-refractivity contribution < 1.29 is 19.1 Å². The maximum atomic E-state index is 13.1. The zero-order valence-electron chi connectivity index (χ0n) is 17.5.